The number of nitrogens with zero attached hydrogens (tertiary/aromatic N) is 4. The third-order valence-electron chi connectivity index (χ3n) is 7.93. The van der Waals surface area contributed by atoms with Crippen molar-refractivity contribution in [2.24, 2.45) is 0 Å². The van der Waals surface area contributed by atoms with Gasteiger partial charge in [0.05, 0.1) is 0 Å². The molecule has 6 heteroatoms. The van der Waals surface area contributed by atoms with Crippen LogP contribution in [0.3, 0.4) is 0 Å². The molecule has 0 aromatic heterocycles. The van der Waals surface area contributed by atoms with E-state index in [1.807, 2.05) is 0 Å². The quantitative estimate of drug-likeness (QED) is 0.222. The van der Waals surface area contributed by atoms with Crippen molar-refractivity contribution >= 4 is 31.0 Å². The molecule has 0 unspecified atom stereocenters. The van der Waals surface area contributed by atoms with Crippen molar-refractivity contribution in [2.45, 2.75) is 25.9 Å². The second-order valence-corrected chi connectivity index (χ2v) is 13.2. The predicted molar refractivity (Wildman–Crippen MR) is 152 cm³/mol. The van der Waals surface area contributed by atoms with Crippen molar-refractivity contribution < 1.29 is 22.4 Å². The van der Waals surface area contributed by atoms with E-state index in [4.69, 9.17) is 4.74 Å². The van der Waals surface area contributed by atoms with E-state index >= 15 is 0 Å². The number of hydrogen-bond acceptors (Lipinski definition) is 5. The average Bonchev–Trinajstić information content (AvgIpc) is 3.31. The summed E-state index contributed by atoms with van der Waals surface area (Å²) in [5, 5.41) is 0. The van der Waals surface area contributed by atoms with Crippen LogP contribution in [0.25, 0.3) is 0 Å². The van der Waals surface area contributed by atoms with Crippen molar-refractivity contribution in [3.63, 3.8) is 0 Å². The third-order valence-corrected chi connectivity index (χ3v) is 11.3. The van der Waals surface area contributed by atoms with Gasteiger partial charge in [0, 0.05) is 0 Å². The predicted octanol–water partition coefficient (Wildman–Crippen LogP) is 6.15. The molecule has 4 aliphatic rings. The molecule has 4 aliphatic heterocycles. The molecule has 5 nitrogen and oxygen atoms in total. The monoisotopic (exact) mass is 679 g/mol. The minimum absolute atomic E-state index is 0.266. The Morgan fingerprint density at radius 1 is 0.632 bits per heavy atom. The van der Waals surface area contributed by atoms with E-state index in [9.17, 15) is 0 Å². The van der Waals surface area contributed by atoms with Gasteiger partial charge < -0.3 is 0 Å². The molecular formula is C32H28N4OPt. The summed E-state index contributed by atoms with van der Waals surface area (Å²) >= 11 is -0.535. The van der Waals surface area contributed by atoms with Crippen LogP contribution in [0, 0.1) is 0 Å². The van der Waals surface area contributed by atoms with Gasteiger partial charge in [0.15, 0.2) is 0 Å². The Kier molecular flexibility index (Phi) is 4.79. The molecule has 4 heterocycles. The van der Waals surface area contributed by atoms with Gasteiger partial charge in [-0.3, -0.25) is 0 Å². The van der Waals surface area contributed by atoms with Crippen LogP contribution in [0.2, 0.25) is 0 Å². The standard InChI is InChI=1S/C32H28N4O.Pt/c1-32(2)25-10-8-12-27(20-25)37-26-11-7-9-24(19-26)21-35-22-33(28-13-3-4-14-29(28)35)17-18-34-23-36(32)31-16-6-5-15-30(31)34;/h3-16,19-20H,17-18,21H2,1-2H3;. The SMILES string of the molecule is CC1(C)c2cccc(c2)Oc2cccc(c2)CN2[C]3=[Pt]=[C]4N(CCN3c3ccccc32)c2ccccc2N41. The van der Waals surface area contributed by atoms with Crippen molar-refractivity contribution in [1.82, 2.24) is 0 Å². The Morgan fingerprint density at radius 2 is 1.24 bits per heavy atom. The third kappa shape index (κ3) is 3.21. The van der Waals surface area contributed by atoms with Crippen LogP contribution in [0.1, 0.15) is 25.0 Å². The normalized spacial score (nSPS) is 18.7. The van der Waals surface area contributed by atoms with Gasteiger partial charge in [0.1, 0.15) is 0 Å². The fourth-order valence-corrected chi connectivity index (χ4v) is 10.1. The molecule has 0 spiro atoms. The second-order valence-electron chi connectivity index (χ2n) is 10.6. The van der Waals surface area contributed by atoms with Crippen LogP contribution in [0.4, 0.5) is 22.7 Å². The zero-order chi connectivity index (χ0) is 25.4. The maximum atomic E-state index is 6.45. The number of fused-ring (bicyclic) bond motifs is 10. The first-order valence-electron chi connectivity index (χ1n) is 13.1. The van der Waals surface area contributed by atoms with Crippen LogP contribution in [0.5, 0.6) is 11.5 Å². The number of ether oxygens (including phenoxy) is 1. The number of benzene rings is 4. The maximum absolute atomic E-state index is 6.45. The van der Waals surface area contributed by atoms with Gasteiger partial charge in [-0.15, -0.1) is 0 Å². The Bertz CT molecular complexity index is 1690. The van der Waals surface area contributed by atoms with E-state index in [1.165, 1.54) is 42.2 Å². The molecule has 0 fully saturated rings. The molecule has 0 aliphatic carbocycles. The van der Waals surface area contributed by atoms with E-state index in [2.05, 4.69) is 131 Å². The van der Waals surface area contributed by atoms with E-state index in [-0.39, 0.29) is 5.54 Å². The fourth-order valence-electron chi connectivity index (χ4n) is 6.03. The van der Waals surface area contributed by atoms with Crippen LogP contribution in [0.15, 0.2) is 97.1 Å². The summed E-state index contributed by atoms with van der Waals surface area (Å²) in [5.74, 6) is 1.75. The van der Waals surface area contributed by atoms with Crippen molar-refractivity contribution in [3.05, 3.63) is 108 Å². The molecule has 6 bridgehead atoms. The molecule has 38 heavy (non-hydrogen) atoms. The number of rotatable bonds is 0. The molecular weight excluding hydrogens is 651 g/mol. The van der Waals surface area contributed by atoms with Gasteiger partial charge in [-0.05, 0) is 0 Å². The van der Waals surface area contributed by atoms with Gasteiger partial charge in [-0.1, -0.05) is 0 Å². The van der Waals surface area contributed by atoms with Gasteiger partial charge >= 0.3 is 232 Å². The first-order chi connectivity index (χ1) is 18.6. The van der Waals surface area contributed by atoms with Crippen LogP contribution in [-0.2, 0) is 29.7 Å². The number of para-hydroxylation sites is 4. The molecule has 8 rings (SSSR count). The summed E-state index contributed by atoms with van der Waals surface area (Å²) in [4.78, 5) is 10.4. The Hall–Kier alpha value is -3.69. The van der Waals surface area contributed by atoms with Crippen LogP contribution < -0.4 is 24.3 Å². The Balaban J connectivity index is 1.44. The van der Waals surface area contributed by atoms with E-state index < -0.39 is 17.6 Å². The van der Waals surface area contributed by atoms with E-state index in [1.54, 1.807) is 0 Å². The summed E-state index contributed by atoms with van der Waals surface area (Å²) in [5.41, 5.74) is 7.48. The molecule has 0 N–H and O–H groups in total. The zero-order valence-corrected chi connectivity index (χ0v) is 23.6. The van der Waals surface area contributed by atoms with E-state index in [0.29, 0.717) is 0 Å². The second kappa shape index (κ2) is 8.15. The molecule has 0 saturated heterocycles. The van der Waals surface area contributed by atoms with Gasteiger partial charge in [0.25, 0.3) is 0 Å². The zero-order valence-electron chi connectivity index (χ0n) is 21.4. The summed E-state index contributed by atoms with van der Waals surface area (Å²) in [6.07, 6.45) is 0. The van der Waals surface area contributed by atoms with Gasteiger partial charge in [-0.25, -0.2) is 0 Å². The van der Waals surface area contributed by atoms with Crippen molar-refractivity contribution in [2.75, 3.05) is 32.7 Å². The first kappa shape index (κ1) is 22.3. The molecule has 0 amide bonds. The Labute approximate surface area is 231 Å². The van der Waals surface area contributed by atoms with Crippen molar-refractivity contribution in [3.8, 4) is 11.5 Å². The summed E-state index contributed by atoms with van der Waals surface area (Å²) in [7, 11) is 0. The fraction of sp³-hybridized carbons (Fsp3) is 0.188. The summed E-state index contributed by atoms with van der Waals surface area (Å²) in [6, 6.07) is 35.1. The van der Waals surface area contributed by atoms with Crippen LogP contribution >= 0.6 is 0 Å². The average molecular weight is 680 g/mol. The molecule has 0 saturated carbocycles. The van der Waals surface area contributed by atoms with Gasteiger partial charge in [-0.2, -0.15) is 0 Å². The van der Waals surface area contributed by atoms with Crippen molar-refractivity contribution in [1.29, 1.82) is 0 Å². The topological polar surface area (TPSA) is 22.2 Å². The Morgan fingerprint density at radius 3 is 2.00 bits per heavy atom. The number of hydrogen-bond donors (Lipinski definition) is 0. The number of anilines is 4. The molecule has 4 aromatic rings. The minimum atomic E-state index is -0.535. The molecule has 192 valence electrons. The van der Waals surface area contributed by atoms with Crippen LogP contribution in [-0.4, -0.2) is 21.4 Å². The molecule has 0 radical (unpaired) electrons. The molecule has 4 aromatic carbocycles. The summed E-state index contributed by atoms with van der Waals surface area (Å²) < 4.78 is 9.35. The molecule has 0 atom stereocenters. The summed E-state index contributed by atoms with van der Waals surface area (Å²) in [6.45, 7) is 7.45. The first-order valence-corrected chi connectivity index (χ1v) is 15.4. The van der Waals surface area contributed by atoms with E-state index in [0.717, 1.165) is 31.1 Å². The van der Waals surface area contributed by atoms with Gasteiger partial charge in [0.2, 0.25) is 0 Å².